The molecule has 0 amide bonds. The lowest BCUT2D eigenvalue weighted by Gasteiger charge is -2.09. The van der Waals surface area contributed by atoms with Gasteiger partial charge in [0.2, 0.25) is 0 Å². The lowest BCUT2D eigenvalue weighted by molar-refractivity contribution is 0.250. The zero-order valence-electron chi connectivity index (χ0n) is 9.31. The van der Waals surface area contributed by atoms with Gasteiger partial charge in [0.05, 0.1) is 5.56 Å². The lowest BCUT2D eigenvalue weighted by Crippen LogP contribution is -2.03. The smallest absolute Gasteiger partial charge is 0.100 e. The third-order valence-electron chi connectivity index (χ3n) is 2.24. The minimum absolute atomic E-state index is 0.176. The van der Waals surface area contributed by atoms with Gasteiger partial charge in [-0.25, -0.2) is 0 Å². The Morgan fingerprint density at radius 1 is 1.56 bits per heavy atom. The van der Waals surface area contributed by atoms with Gasteiger partial charge in [0, 0.05) is 23.8 Å². The summed E-state index contributed by atoms with van der Waals surface area (Å²) in [6.45, 7) is 2.61. The summed E-state index contributed by atoms with van der Waals surface area (Å²) in [6.07, 6.45) is 0. The van der Waals surface area contributed by atoms with Gasteiger partial charge in [0.1, 0.15) is 6.07 Å². The van der Waals surface area contributed by atoms with Crippen molar-refractivity contribution < 1.29 is 5.11 Å². The number of nitrogens with two attached hydrogens (primary N) is 1. The Morgan fingerprint density at radius 3 is 2.88 bits per heavy atom. The van der Waals surface area contributed by atoms with E-state index in [1.165, 1.54) is 0 Å². The van der Waals surface area contributed by atoms with Gasteiger partial charge in [-0.2, -0.15) is 5.26 Å². The highest BCUT2D eigenvalue weighted by atomic mass is 32.2. The zero-order chi connectivity index (χ0) is 12.0. The Morgan fingerprint density at radius 2 is 2.31 bits per heavy atom. The molecule has 0 saturated heterocycles. The van der Waals surface area contributed by atoms with E-state index in [4.69, 9.17) is 16.1 Å². The fourth-order valence-electron chi connectivity index (χ4n) is 1.20. The summed E-state index contributed by atoms with van der Waals surface area (Å²) in [5, 5.41) is 17.9. The van der Waals surface area contributed by atoms with Crippen LogP contribution in [0, 0.1) is 17.2 Å². The van der Waals surface area contributed by atoms with Crippen LogP contribution >= 0.6 is 11.8 Å². The predicted octanol–water partition coefficient (Wildman–Crippen LogP) is 1.74. The molecule has 0 aliphatic rings. The van der Waals surface area contributed by atoms with Gasteiger partial charge in [-0.15, -0.1) is 11.8 Å². The maximum absolute atomic E-state index is 9.01. The molecule has 3 N–H and O–H groups in total. The van der Waals surface area contributed by atoms with Crippen LogP contribution in [0.1, 0.15) is 18.1 Å². The third-order valence-corrected chi connectivity index (χ3v) is 3.64. The average Bonchev–Trinajstić information content (AvgIpc) is 2.35. The van der Waals surface area contributed by atoms with Crippen molar-refractivity contribution in [1.29, 1.82) is 5.26 Å². The summed E-state index contributed by atoms with van der Waals surface area (Å²) in [5.41, 5.74) is 7.15. The van der Waals surface area contributed by atoms with E-state index in [2.05, 4.69) is 6.07 Å². The minimum Gasteiger partial charge on any atom is -0.396 e. The van der Waals surface area contributed by atoms with E-state index in [0.29, 0.717) is 12.1 Å². The predicted molar refractivity (Wildman–Crippen MR) is 66.0 cm³/mol. The summed E-state index contributed by atoms with van der Waals surface area (Å²) < 4.78 is 0. The van der Waals surface area contributed by atoms with Crippen molar-refractivity contribution in [3.63, 3.8) is 0 Å². The normalized spacial score (nSPS) is 12.1. The van der Waals surface area contributed by atoms with Crippen molar-refractivity contribution in [2.24, 2.45) is 11.7 Å². The van der Waals surface area contributed by atoms with E-state index < -0.39 is 0 Å². The molecule has 0 radical (unpaired) electrons. The van der Waals surface area contributed by atoms with E-state index in [0.717, 1.165) is 16.2 Å². The summed E-state index contributed by atoms with van der Waals surface area (Å²) in [4.78, 5) is 0.958. The van der Waals surface area contributed by atoms with Crippen molar-refractivity contribution in [1.82, 2.24) is 0 Å². The number of thioether (sulfide) groups is 1. The van der Waals surface area contributed by atoms with Crippen LogP contribution in [0.15, 0.2) is 23.1 Å². The van der Waals surface area contributed by atoms with Crippen molar-refractivity contribution in [2.75, 3.05) is 12.4 Å². The van der Waals surface area contributed by atoms with Crippen LogP contribution in [-0.4, -0.2) is 17.5 Å². The highest BCUT2D eigenvalue weighted by Gasteiger charge is 2.06. The molecule has 0 aliphatic heterocycles. The molecule has 0 aromatic heterocycles. The summed E-state index contributed by atoms with van der Waals surface area (Å²) >= 11 is 1.60. The molecule has 0 fully saturated rings. The Balaban J connectivity index is 2.77. The van der Waals surface area contributed by atoms with E-state index in [1.54, 1.807) is 11.8 Å². The van der Waals surface area contributed by atoms with E-state index in [1.807, 2.05) is 25.1 Å². The second kappa shape index (κ2) is 6.54. The van der Waals surface area contributed by atoms with Crippen molar-refractivity contribution in [3.05, 3.63) is 29.3 Å². The maximum Gasteiger partial charge on any atom is 0.100 e. The summed E-state index contributed by atoms with van der Waals surface area (Å²) in [7, 11) is 0. The number of hydrogen-bond donors (Lipinski definition) is 2. The number of nitriles is 1. The molecule has 0 saturated carbocycles. The second-order valence-electron chi connectivity index (χ2n) is 3.75. The maximum atomic E-state index is 9.01. The van der Waals surface area contributed by atoms with E-state index >= 15 is 0 Å². The van der Waals surface area contributed by atoms with Crippen LogP contribution < -0.4 is 5.73 Å². The van der Waals surface area contributed by atoms with E-state index in [-0.39, 0.29) is 12.5 Å². The molecule has 0 bridgehead atoms. The number of nitrogens with zero attached hydrogens (tertiary/aromatic N) is 1. The van der Waals surface area contributed by atoms with Crippen LogP contribution in [0.2, 0.25) is 0 Å². The highest BCUT2D eigenvalue weighted by molar-refractivity contribution is 7.99. The SMILES string of the molecule is CC(CO)CSc1ccc(CN)cc1C#N. The van der Waals surface area contributed by atoms with Crippen LogP contribution in [0.3, 0.4) is 0 Å². The van der Waals surface area contributed by atoms with Gasteiger partial charge in [0.15, 0.2) is 0 Å². The van der Waals surface area contributed by atoms with Gasteiger partial charge in [0.25, 0.3) is 0 Å². The molecule has 1 aromatic rings. The quantitative estimate of drug-likeness (QED) is 0.764. The topological polar surface area (TPSA) is 70.0 Å². The van der Waals surface area contributed by atoms with E-state index in [9.17, 15) is 0 Å². The summed E-state index contributed by atoms with van der Waals surface area (Å²) in [5.74, 6) is 1.05. The lowest BCUT2D eigenvalue weighted by atomic mass is 10.1. The van der Waals surface area contributed by atoms with Crippen LogP contribution in [0.25, 0.3) is 0 Å². The first kappa shape index (κ1) is 13.0. The molecule has 1 atom stereocenters. The molecule has 0 aliphatic carbocycles. The number of rotatable bonds is 5. The first-order valence-corrected chi connectivity index (χ1v) is 6.16. The highest BCUT2D eigenvalue weighted by Crippen LogP contribution is 2.25. The molecule has 0 spiro atoms. The van der Waals surface area contributed by atoms with Gasteiger partial charge >= 0.3 is 0 Å². The number of aliphatic hydroxyl groups excluding tert-OH is 1. The van der Waals surface area contributed by atoms with Crippen LogP contribution in [0.5, 0.6) is 0 Å². The molecule has 1 unspecified atom stereocenters. The Labute approximate surface area is 100 Å². The summed E-state index contributed by atoms with van der Waals surface area (Å²) in [6, 6.07) is 7.86. The van der Waals surface area contributed by atoms with Crippen molar-refractivity contribution in [2.45, 2.75) is 18.4 Å². The molecule has 1 aromatic carbocycles. The molecule has 0 heterocycles. The largest absolute Gasteiger partial charge is 0.396 e. The second-order valence-corrected chi connectivity index (χ2v) is 4.81. The molecular weight excluding hydrogens is 220 g/mol. The first-order chi connectivity index (χ1) is 7.71. The average molecular weight is 236 g/mol. The fourth-order valence-corrected chi connectivity index (χ4v) is 2.20. The molecule has 1 rings (SSSR count). The van der Waals surface area contributed by atoms with Crippen molar-refractivity contribution >= 4 is 11.8 Å². The van der Waals surface area contributed by atoms with Crippen LogP contribution in [0.4, 0.5) is 0 Å². The van der Waals surface area contributed by atoms with Gasteiger partial charge < -0.3 is 10.8 Å². The molecule has 16 heavy (non-hydrogen) atoms. The first-order valence-electron chi connectivity index (χ1n) is 5.18. The fraction of sp³-hybridized carbons (Fsp3) is 0.417. The van der Waals surface area contributed by atoms with Gasteiger partial charge in [-0.1, -0.05) is 13.0 Å². The number of benzene rings is 1. The zero-order valence-corrected chi connectivity index (χ0v) is 10.1. The Kier molecular flexibility index (Phi) is 5.33. The number of aliphatic hydroxyl groups is 1. The monoisotopic (exact) mass is 236 g/mol. The number of hydrogen-bond acceptors (Lipinski definition) is 4. The minimum atomic E-state index is 0.176. The standard InChI is InChI=1S/C12H16N2OS/c1-9(7-15)8-16-12-3-2-10(5-13)4-11(12)6-14/h2-4,9,15H,5,7-8,13H2,1H3. The molecule has 86 valence electrons. The van der Waals surface area contributed by atoms with Crippen LogP contribution in [-0.2, 0) is 6.54 Å². The molecular formula is C12H16N2OS. The molecule has 4 heteroatoms. The van der Waals surface area contributed by atoms with Gasteiger partial charge in [-0.05, 0) is 23.6 Å². The van der Waals surface area contributed by atoms with Crippen molar-refractivity contribution in [3.8, 4) is 6.07 Å². The van der Waals surface area contributed by atoms with Gasteiger partial charge in [-0.3, -0.25) is 0 Å². The molecule has 3 nitrogen and oxygen atoms in total. The Hall–Kier alpha value is -1.02. The Bertz CT molecular complexity index is 387. The third kappa shape index (κ3) is 3.53.